The van der Waals surface area contributed by atoms with Gasteiger partial charge in [-0.15, -0.1) is 10.2 Å². The molecule has 0 radical (unpaired) electrons. The highest BCUT2D eigenvalue weighted by molar-refractivity contribution is 5.71. The molecule has 0 aliphatic carbocycles. The van der Waals surface area contributed by atoms with Crippen molar-refractivity contribution in [2.45, 2.75) is 26.1 Å². The molecule has 34 heavy (non-hydrogen) atoms. The molecule has 2 aromatic carbocycles. The van der Waals surface area contributed by atoms with E-state index >= 15 is 0 Å². The van der Waals surface area contributed by atoms with E-state index in [2.05, 4.69) is 20.1 Å². The summed E-state index contributed by atoms with van der Waals surface area (Å²) < 4.78 is 29.3. The first-order valence-electron chi connectivity index (χ1n) is 10.2. The number of benzene rings is 2. The normalized spacial score (nSPS) is 14.8. The lowest BCUT2D eigenvalue weighted by Gasteiger charge is -2.38. The molecular formula is C21H21FN6O6. The van der Waals surface area contributed by atoms with Gasteiger partial charge in [-0.1, -0.05) is 6.07 Å². The quantitative estimate of drug-likeness (QED) is 0.272. The standard InChI is InChI=1S/C21H21FN6O6/c1-13-23-25-27(24-13)10-16-11-33-20-8-15(22)4-5-17(20)26(16)9-14-3-6-19(18(7-14)28(30)31)34-12-21(29)32-2/h3-8,16H,9-12H2,1-2H3/t16-/m0/s1. The van der Waals surface area contributed by atoms with Crippen LogP contribution in [0.3, 0.4) is 0 Å². The number of anilines is 1. The predicted octanol–water partition coefficient (Wildman–Crippen LogP) is 2.05. The first-order chi connectivity index (χ1) is 16.3. The van der Waals surface area contributed by atoms with Crippen molar-refractivity contribution in [3.8, 4) is 11.5 Å². The molecule has 13 heteroatoms. The Bertz CT molecular complexity index is 1220. The molecule has 0 bridgehead atoms. The van der Waals surface area contributed by atoms with Gasteiger partial charge in [-0.2, -0.15) is 4.80 Å². The van der Waals surface area contributed by atoms with Gasteiger partial charge in [0.1, 0.15) is 18.2 Å². The lowest BCUT2D eigenvalue weighted by atomic mass is 10.1. The van der Waals surface area contributed by atoms with E-state index in [1.54, 1.807) is 19.1 Å². The first-order valence-corrected chi connectivity index (χ1v) is 10.2. The van der Waals surface area contributed by atoms with Crippen molar-refractivity contribution < 1.29 is 28.3 Å². The fraction of sp³-hybridized carbons (Fsp3) is 0.333. The summed E-state index contributed by atoms with van der Waals surface area (Å²) in [6, 6.07) is 8.41. The van der Waals surface area contributed by atoms with Gasteiger partial charge >= 0.3 is 11.7 Å². The highest BCUT2D eigenvalue weighted by Gasteiger charge is 2.30. The minimum Gasteiger partial charge on any atom is -0.489 e. The molecule has 1 aliphatic rings. The highest BCUT2D eigenvalue weighted by atomic mass is 19.1. The van der Waals surface area contributed by atoms with Gasteiger partial charge in [-0.25, -0.2) is 9.18 Å². The van der Waals surface area contributed by atoms with E-state index in [-0.39, 0.29) is 30.6 Å². The second-order valence-corrected chi connectivity index (χ2v) is 7.52. The predicted molar refractivity (Wildman–Crippen MR) is 115 cm³/mol. The van der Waals surface area contributed by atoms with E-state index < -0.39 is 23.3 Å². The van der Waals surface area contributed by atoms with Crippen LogP contribution < -0.4 is 14.4 Å². The van der Waals surface area contributed by atoms with Crippen LogP contribution in [-0.2, 0) is 22.6 Å². The maximum absolute atomic E-state index is 13.8. The van der Waals surface area contributed by atoms with Crippen molar-refractivity contribution in [3.63, 3.8) is 0 Å². The molecule has 1 atom stereocenters. The number of fused-ring (bicyclic) bond motifs is 1. The van der Waals surface area contributed by atoms with Gasteiger partial charge in [-0.3, -0.25) is 10.1 Å². The number of carbonyl (C=O) groups excluding carboxylic acids is 1. The van der Waals surface area contributed by atoms with Crippen LogP contribution >= 0.6 is 0 Å². The van der Waals surface area contributed by atoms with Gasteiger partial charge in [0.15, 0.2) is 18.2 Å². The fourth-order valence-electron chi connectivity index (χ4n) is 3.59. The van der Waals surface area contributed by atoms with E-state index in [0.29, 0.717) is 29.4 Å². The van der Waals surface area contributed by atoms with E-state index in [9.17, 15) is 19.3 Å². The number of carbonyl (C=O) groups is 1. The summed E-state index contributed by atoms with van der Waals surface area (Å²) in [6.45, 7) is 2.07. The van der Waals surface area contributed by atoms with Crippen molar-refractivity contribution in [1.29, 1.82) is 0 Å². The van der Waals surface area contributed by atoms with Crippen LogP contribution in [0.25, 0.3) is 0 Å². The van der Waals surface area contributed by atoms with Gasteiger partial charge in [0.05, 0.1) is 30.3 Å². The Morgan fingerprint density at radius 3 is 2.85 bits per heavy atom. The largest absolute Gasteiger partial charge is 0.489 e. The molecule has 1 aliphatic heterocycles. The molecule has 12 nitrogen and oxygen atoms in total. The SMILES string of the molecule is COC(=O)COc1ccc(CN2c3ccc(F)cc3OC[C@@H]2Cn2nnc(C)n2)cc1[N+](=O)[O-]. The number of ether oxygens (including phenoxy) is 3. The number of aromatic nitrogens is 4. The van der Waals surface area contributed by atoms with Crippen LogP contribution in [0.1, 0.15) is 11.4 Å². The number of methoxy groups -OCH3 is 1. The monoisotopic (exact) mass is 472 g/mol. The van der Waals surface area contributed by atoms with Crippen LogP contribution in [-0.4, -0.2) is 57.5 Å². The number of nitro groups is 1. The topological polar surface area (TPSA) is 135 Å². The molecule has 0 N–H and O–H groups in total. The maximum Gasteiger partial charge on any atom is 0.343 e. The van der Waals surface area contributed by atoms with E-state index in [1.807, 2.05) is 4.90 Å². The Balaban J connectivity index is 1.63. The number of esters is 1. The molecule has 0 saturated heterocycles. The minimum absolute atomic E-state index is 0.0533. The average molecular weight is 472 g/mol. The number of hydrogen-bond donors (Lipinski definition) is 0. The van der Waals surface area contributed by atoms with Crippen LogP contribution in [0, 0.1) is 22.9 Å². The Morgan fingerprint density at radius 1 is 1.32 bits per heavy atom. The summed E-state index contributed by atoms with van der Waals surface area (Å²) in [6.07, 6.45) is 0. The molecule has 0 saturated carbocycles. The van der Waals surface area contributed by atoms with Crippen molar-refractivity contribution in [3.05, 3.63) is 63.7 Å². The van der Waals surface area contributed by atoms with Gasteiger partial charge in [0, 0.05) is 18.7 Å². The second kappa shape index (κ2) is 9.68. The molecule has 0 amide bonds. The van der Waals surface area contributed by atoms with Crippen molar-refractivity contribution in [2.75, 3.05) is 25.2 Å². The summed E-state index contributed by atoms with van der Waals surface area (Å²) in [4.78, 5) is 25.8. The molecule has 3 aromatic rings. The lowest BCUT2D eigenvalue weighted by molar-refractivity contribution is -0.385. The number of tetrazole rings is 1. The molecule has 178 valence electrons. The Labute approximate surface area is 193 Å². The van der Waals surface area contributed by atoms with Gasteiger partial charge < -0.3 is 19.1 Å². The number of rotatable bonds is 8. The van der Waals surface area contributed by atoms with Crippen molar-refractivity contribution >= 4 is 17.3 Å². The third-order valence-corrected chi connectivity index (χ3v) is 5.18. The van der Waals surface area contributed by atoms with Crippen LogP contribution in [0.5, 0.6) is 11.5 Å². The summed E-state index contributed by atoms with van der Waals surface area (Å²) in [5.41, 5.74) is 0.935. The molecule has 4 rings (SSSR count). The van der Waals surface area contributed by atoms with E-state index in [0.717, 1.165) is 0 Å². The third kappa shape index (κ3) is 5.03. The molecule has 1 aromatic heterocycles. The Morgan fingerprint density at radius 2 is 2.15 bits per heavy atom. The van der Waals surface area contributed by atoms with Gasteiger partial charge in [-0.05, 0) is 35.9 Å². The molecule has 0 fully saturated rings. The zero-order chi connectivity index (χ0) is 24.2. The zero-order valence-corrected chi connectivity index (χ0v) is 18.4. The molecule has 0 unspecified atom stereocenters. The van der Waals surface area contributed by atoms with Crippen LogP contribution in [0.15, 0.2) is 36.4 Å². The smallest absolute Gasteiger partial charge is 0.343 e. The summed E-state index contributed by atoms with van der Waals surface area (Å²) >= 11 is 0. The van der Waals surface area contributed by atoms with Gasteiger partial charge in [0.25, 0.3) is 0 Å². The van der Waals surface area contributed by atoms with E-state index in [4.69, 9.17) is 9.47 Å². The van der Waals surface area contributed by atoms with Crippen molar-refractivity contribution in [2.24, 2.45) is 0 Å². The van der Waals surface area contributed by atoms with Gasteiger partial charge in [0.2, 0.25) is 0 Å². The number of halogens is 1. The zero-order valence-electron chi connectivity index (χ0n) is 18.4. The van der Waals surface area contributed by atoms with Crippen molar-refractivity contribution in [1.82, 2.24) is 20.2 Å². The average Bonchev–Trinajstić information content (AvgIpc) is 3.23. The maximum atomic E-state index is 13.8. The Kier molecular flexibility index (Phi) is 6.52. The minimum atomic E-state index is -0.657. The second-order valence-electron chi connectivity index (χ2n) is 7.52. The lowest BCUT2D eigenvalue weighted by Crippen LogP contribution is -2.45. The summed E-state index contributed by atoms with van der Waals surface area (Å²) in [7, 11) is 1.20. The number of nitrogens with zero attached hydrogens (tertiary/aromatic N) is 6. The number of aryl methyl sites for hydroxylation is 1. The van der Waals surface area contributed by atoms with E-state index in [1.165, 1.54) is 36.2 Å². The summed E-state index contributed by atoms with van der Waals surface area (Å²) in [5.74, 6) is -0.262. The first kappa shape index (κ1) is 22.9. The van der Waals surface area contributed by atoms with Crippen LogP contribution in [0.2, 0.25) is 0 Å². The number of hydrogen-bond acceptors (Lipinski definition) is 10. The fourth-order valence-corrected chi connectivity index (χ4v) is 3.59. The molecule has 2 heterocycles. The summed E-state index contributed by atoms with van der Waals surface area (Å²) in [5, 5.41) is 23.7. The Hall–Kier alpha value is -4.29. The van der Waals surface area contributed by atoms with Crippen LogP contribution in [0.4, 0.5) is 15.8 Å². The third-order valence-electron chi connectivity index (χ3n) is 5.18. The number of nitro benzene ring substituents is 1. The molecule has 0 spiro atoms. The molecular weight excluding hydrogens is 451 g/mol. The highest BCUT2D eigenvalue weighted by Crippen LogP contribution is 2.37.